The first kappa shape index (κ1) is 15.2. The first-order valence-corrected chi connectivity index (χ1v) is 5.49. The van der Waals surface area contributed by atoms with E-state index in [0.717, 1.165) is 18.2 Å². The minimum absolute atomic E-state index is 0.0948. The van der Waals surface area contributed by atoms with Gasteiger partial charge in [0.2, 0.25) is 0 Å². The van der Waals surface area contributed by atoms with Crippen molar-refractivity contribution in [2.75, 3.05) is 7.11 Å². The highest BCUT2D eigenvalue weighted by molar-refractivity contribution is 5.88. The fourth-order valence-corrected chi connectivity index (χ4v) is 1.37. The zero-order chi connectivity index (χ0) is 14.4. The maximum absolute atomic E-state index is 12.2. The van der Waals surface area contributed by atoms with Crippen LogP contribution in [0.15, 0.2) is 18.2 Å². The van der Waals surface area contributed by atoms with Crippen LogP contribution in [-0.2, 0) is 4.74 Å². The second kappa shape index (κ2) is 6.89. The summed E-state index contributed by atoms with van der Waals surface area (Å²) in [6.07, 6.45) is -0.217. The Labute approximate surface area is 108 Å². The molecule has 1 N–H and O–H groups in total. The van der Waals surface area contributed by atoms with E-state index in [1.807, 2.05) is 0 Å². The van der Waals surface area contributed by atoms with Crippen molar-refractivity contribution in [1.29, 1.82) is 0 Å². The third kappa shape index (κ3) is 4.36. The van der Waals surface area contributed by atoms with Gasteiger partial charge in [-0.1, -0.05) is 6.92 Å². The van der Waals surface area contributed by atoms with Crippen LogP contribution in [0.3, 0.4) is 0 Å². The van der Waals surface area contributed by atoms with Crippen molar-refractivity contribution >= 4 is 5.97 Å². The molecule has 106 valence electrons. The molecule has 0 aliphatic carbocycles. The Morgan fingerprint density at radius 2 is 2.00 bits per heavy atom. The Morgan fingerprint density at radius 1 is 1.32 bits per heavy atom. The Balaban J connectivity index is 3.06. The Hall–Kier alpha value is -1.89. The van der Waals surface area contributed by atoms with Crippen molar-refractivity contribution in [1.82, 2.24) is 0 Å². The monoisotopic (exact) mass is 276 g/mol. The van der Waals surface area contributed by atoms with E-state index in [1.54, 1.807) is 6.92 Å². The lowest BCUT2D eigenvalue weighted by atomic mass is 10.2. The number of carboxylic acids is 1. The van der Waals surface area contributed by atoms with Gasteiger partial charge < -0.3 is 19.3 Å². The van der Waals surface area contributed by atoms with Crippen LogP contribution in [0.4, 0.5) is 8.78 Å². The number of methoxy groups -OCH3 is 1. The third-order valence-electron chi connectivity index (χ3n) is 2.26. The first-order valence-electron chi connectivity index (χ1n) is 5.49. The molecule has 0 aliphatic rings. The largest absolute Gasteiger partial charge is 0.478 e. The fraction of sp³-hybridized carbons (Fsp3) is 0.417. The molecule has 1 rings (SSSR count). The Kier molecular flexibility index (Phi) is 5.50. The van der Waals surface area contributed by atoms with Gasteiger partial charge in [0.15, 0.2) is 17.8 Å². The molecule has 7 heteroatoms. The molecule has 5 nitrogen and oxygen atoms in total. The highest BCUT2D eigenvalue weighted by atomic mass is 19.3. The molecule has 1 atom stereocenters. The molecule has 1 unspecified atom stereocenters. The molecule has 1 aromatic rings. The van der Waals surface area contributed by atoms with E-state index >= 15 is 0 Å². The summed E-state index contributed by atoms with van der Waals surface area (Å²) in [5.41, 5.74) is -0.0948. The van der Waals surface area contributed by atoms with Crippen molar-refractivity contribution in [3.05, 3.63) is 23.8 Å². The highest BCUT2D eigenvalue weighted by Gasteiger charge is 2.17. The number of carbonyl (C=O) groups is 1. The van der Waals surface area contributed by atoms with Crippen LogP contribution >= 0.6 is 0 Å². The molecular formula is C12H14F2O5. The Bertz CT molecular complexity index is 432. The molecule has 0 radical (unpaired) electrons. The van der Waals surface area contributed by atoms with Crippen molar-refractivity contribution in [3.63, 3.8) is 0 Å². The molecule has 0 aliphatic heterocycles. The molecule has 0 bridgehead atoms. The predicted molar refractivity (Wildman–Crippen MR) is 61.7 cm³/mol. The number of rotatable bonds is 7. The molecule has 0 fully saturated rings. The van der Waals surface area contributed by atoms with Crippen LogP contribution in [0.2, 0.25) is 0 Å². The van der Waals surface area contributed by atoms with Crippen molar-refractivity contribution in [2.45, 2.75) is 26.2 Å². The maximum Gasteiger partial charge on any atom is 0.387 e. The zero-order valence-electron chi connectivity index (χ0n) is 10.4. The van der Waals surface area contributed by atoms with E-state index in [0.29, 0.717) is 6.42 Å². The van der Waals surface area contributed by atoms with E-state index in [2.05, 4.69) is 4.74 Å². The van der Waals surface area contributed by atoms with Crippen LogP contribution in [0.25, 0.3) is 0 Å². The second-order valence-corrected chi connectivity index (χ2v) is 3.54. The summed E-state index contributed by atoms with van der Waals surface area (Å²) in [6, 6.07) is 3.38. The fourth-order valence-electron chi connectivity index (χ4n) is 1.37. The average molecular weight is 276 g/mol. The van der Waals surface area contributed by atoms with Crippen molar-refractivity contribution < 1.29 is 32.9 Å². The van der Waals surface area contributed by atoms with E-state index < -0.39 is 18.9 Å². The number of aromatic carboxylic acids is 1. The minimum atomic E-state index is -3.03. The van der Waals surface area contributed by atoms with Gasteiger partial charge in [-0.2, -0.15) is 8.78 Å². The topological polar surface area (TPSA) is 65.0 Å². The molecule has 0 aromatic heterocycles. The van der Waals surface area contributed by atoms with E-state index in [9.17, 15) is 13.6 Å². The lowest BCUT2D eigenvalue weighted by molar-refractivity contribution is -0.0703. The van der Waals surface area contributed by atoms with E-state index in [1.165, 1.54) is 7.11 Å². The summed E-state index contributed by atoms with van der Waals surface area (Å²) < 4.78 is 39.0. The molecule has 0 heterocycles. The van der Waals surface area contributed by atoms with Crippen LogP contribution in [0.5, 0.6) is 11.5 Å². The smallest absolute Gasteiger partial charge is 0.387 e. The minimum Gasteiger partial charge on any atom is -0.478 e. The number of hydrogen-bond acceptors (Lipinski definition) is 4. The number of benzene rings is 1. The van der Waals surface area contributed by atoms with Crippen LogP contribution in [0, 0.1) is 0 Å². The highest BCUT2D eigenvalue weighted by Crippen LogP contribution is 2.31. The lowest BCUT2D eigenvalue weighted by Gasteiger charge is -2.18. The summed E-state index contributed by atoms with van der Waals surface area (Å²) >= 11 is 0. The molecule has 1 aromatic carbocycles. The number of alkyl halides is 2. The van der Waals surface area contributed by atoms with Gasteiger partial charge in [0, 0.05) is 13.5 Å². The number of ether oxygens (including phenoxy) is 3. The molecule has 0 spiro atoms. The zero-order valence-corrected chi connectivity index (χ0v) is 10.4. The van der Waals surface area contributed by atoms with E-state index in [-0.39, 0.29) is 17.1 Å². The average Bonchev–Trinajstić information content (AvgIpc) is 2.36. The number of carboxylic acid groups (broad SMARTS) is 1. The molecule has 19 heavy (non-hydrogen) atoms. The normalized spacial score (nSPS) is 12.3. The maximum atomic E-state index is 12.2. The van der Waals surface area contributed by atoms with Gasteiger partial charge in [0.25, 0.3) is 0 Å². The van der Waals surface area contributed by atoms with Gasteiger partial charge in [-0.25, -0.2) is 4.79 Å². The predicted octanol–water partition coefficient (Wildman–Crippen LogP) is 2.75. The van der Waals surface area contributed by atoms with Gasteiger partial charge in [-0.15, -0.1) is 0 Å². The SMILES string of the molecule is CCC(OC)Oc1cc(C(=O)O)ccc1OC(F)F. The molecule has 0 amide bonds. The summed E-state index contributed by atoms with van der Waals surface area (Å²) in [7, 11) is 1.39. The first-order chi connectivity index (χ1) is 8.97. The third-order valence-corrected chi connectivity index (χ3v) is 2.26. The van der Waals surface area contributed by atoms with Gasteiger partial charge in [-0.05, 0) is 18.2 Å². The number of halogens is 2. The summed E-state index contributed by atoms with van der Waals surface area (Å²) in [4.78, 5) is 10.8. The van der Waals surface area contributed by atoms with Crippen LogP contribution in [-0.4, -0.2) is 31.1 Å². The molecular weight excluding hydrogens is 262 g/mol. The molecule has 0 saturated carbocycles. The summed E-state index contributed by atoms with van der Waals surface area (Å²) in [6.45, 7) is -1.26. The second-order valence-electron chi connectivity index (χ2n) is 3.54. The summed E-state index contributed by atoms with van der Waals surface area (Å²) in [5, 5.41) is 8.85. The van der Waals surface area contributed by atoms with Gasteiger partial charge in [0.05, 0.1) is 5.56 Å². The number of hydrogen-bond donors (Lipinski definition) is 1. The lowest BCUT2D eigenvalue weighted by Crippen LogP contribution is -2.18. The quantitative estimate of drug-likeness (QED) is 0.776. The Morgan fingerprint density at radius 3 is 2.47 bits per heavy atom. The summed E-state index contributed by atoms with van der Waals surface area (Å²) in [5.74, 6) is -1.54. The van der Waals surface area contributed by atoms with Gasteiger partial charge in [-0.3, -0.25) is 0 Å². The van der Waals surface area contributed by atoms with E-state index in [4.69, 9.17) is 14.6 Å². The van der Waals surface area contributed by atoms with Crippen molar-refractivity contribution in [3.8, 4) is 11.5 Å². The van der Waals surface area contributed by atoms with Crippen molar-refractivity contribution in [2.24, 2.45) is 0 Å². The standard InChI is InChI=1S/C12H14F2O5/c1-3-10(17-2)18-9-6-7(11(15)16)4-5-8(9)19-12(13)14/h4-6,10,12H,3H2,1-2H3,(H,15,16). The van der Waals surface area contributed by atoms with Crippen LogP contribution in [0.1, 0.15) is 23.7 Å². The molecule has 0 saturated heterocycles. The van der Waals surface area contributed by atoms with Gasteiger partial charge in [0.1, 0.15) is 0 Å². The van der Waals surface area contributed by atoms with Crippen LogP contribution < -0.4 is 9.47 Å². The van der Waals surface area contributed by atoms with Gasteiger partial charge >= 0.3 is 12.6 Å².